The average molecular weight is 502 g/mol. The first-order valence-corrected chi connectivity index (χ1v) is 12.3. The van der Waals surface area contributed by atoms with E-state index in [0.717, 1.165) is 31.2 Å². The molecule has 0 radical (unpaired) electrons. The number of piperidine rings is 1. The molecule has 188 valence electrons. The Labute approximate surface area is 210 Å². The maximum absolute atomic E-state index is 12.5. The molecule has 2 fully saturated rings. The van der Waals surface area contributed by atoms with Gasteiger partial charge in [-0.25, -0.2) is 9.59 Å². The largest absolute Gasteiger partial charge is 0.338 e. The van der Waals surface area contributed by atoms with Gasteiger partial charge in [0.05, 0.1) is 0 Å². The summed E-state index contributed by atoms with van der Waals surface area (Å²) in [5.41, 5.74) is 0.841. The van der Waals surface area contributed by atoms with Crippen LogP contribution in [0.15, 0.2) is 18.2 Å². The van der Waals surface area contributed by atoms with Crippen molar-refractivity contribution in [1.82, 2.24) is 20.9 Å². The standard InChI is InChI=1S/C23H34Cl2N4O2.2CH4/c24-19-9-8-18(21(25)14-19)16-27-23(31)29-12-10-17(11-13-29)15-26-22(30)28-20-6-4-2-1-3-5-7-20;;/h8-9,14,17,20H,1-7,10-13,15-16H2,(H,27,31)(H2,26,28,30);2*1H4. The Balaban J connectivity index is 0.00000272. The first kappa shape index (κ1) is 29.4. The van der Waals surface area contributed by atoms with E-state index in [1.165, 1.54) is 32.1 Å². The van der Waals surface area contributed by atoms with Crippen LogP contribution in [-0.4, -0.2) is 42.6 Å². The van der Waals surface area contributed by atoms with E-state index in [1.54, 1.807) is 12.1 Å². The highest BCUT2D eigenvalue weighted by Gasteiger charge is 2.23. The molecule has 1 aliphatic heterocycles. The Morgan fingerprint density at radius 2 is 1.55 bits per heavy atom. The van der Waals surface area contributed by atoms with E-state index in [-0.39, 0.29) is 26.9 Å². The third kappa shape index (κ3) is 10.0. The Kier molecular flexibility index (Phi) is 13.6. The topological polar surface area (TPSA) is 73.5 Å². The van der Waals surface area contributed by atoms with E-state index >= 15 is 0 Å². The summed E-state index contributed by atoms with van der Waals surface area (Å²) >= 11 is 12.1. The minimum absolute atomic E-state index is 0. The monoisotopic (exact) mass is 500 g/mol. The van der Waals surface area contributed by atoms with Gasteiger partial charge < -0.3 is 20.9 Å². The summed E-state index contributed by atoms with van der Waals surface area (Å²) in [7, 11) is 0. The number of nitrogens with zero attached hydrogens (tertiary/aromatic N) is 1. The van der Waals surface area contributed by atoms with Crippen LogP contribution in [0.4, 0.5) is 9.59 Å². The second-order valence-electron chi connectivity index (χ2n) is 8.72. The molecule has 4 amide bonds. The van der Waals surface area contributed by atoms with Gasteiger partial charge in [-0.3, -0.25) is 0 Å². The highest BCUT2D eigenvalue weighted by Crippen LogP contribution is 2.21. The zero-order valence-corrected chi connectivity index (χ0v) is 19.6. The van der Waals surface area contributed by atoms with Crippen molar-refractivity contribution in [2.45, 2.75) is 85.2 Å². The molecule has 0 unspecified atom stereocenters. The molecule has 3 rings (SSSR count). The molecular formula is C25H42Cl2N4O2. The lowest BCUT2D eigenvalue weighted by Crippen LogP contribution is -2.47. The lowest BCUT2D eigenvalue weighted by Gasteiger charge is -2.32. The molecule has 1 aliphatic carbocycles. The summed E-state index contributed by atoms with van der Waals surface area (Å²) in [6.07, 6.45) is 10.2. The smallest absolute Gasteiger partial charge is 0.317 e. The van der Waals surface area contributed by atoms with Crippen molar-refractivity contribution in [2.24, 2.45) is 5.92 Å². The van der Waals surface area contributed by atoms with Crippen LogP contribution in [0, 0.1) is 5.92 Å². The predicted molar refractivity (Wildman–Crippen MR) is 139 cm³/mol. The fraction of sp³-hybridized carbons (Fsp3) is 0.680. The molecule has 0 spiro atoms. The van der Waals surface area contributed by atoms with Gasteiger partial charge in [-0.2, -0.15) is 0 Å². The molecule has 6 nitrogen and oxygen atoms in total. The summed E-state index contributed by atoms with van der Waals surface area (Å²) in [4.78, 5) is 26.6. The zero-order chi connectivity index (χ0) is 22.1. The predicted octanol–water partition coefficient (Wildman–Crippen LogP) is 6.60. The number of hydrogen-bond donors (Lipinski definition) is 3. The minimum Gasteiger partial charge on any atom is -0.338 e. The van der Waals surface area contributed by atoms with Crippen molar-refractivity contribution in [1.29, 1.82) is 0 Å². The Morgan fingerprint density at radius 1 is 0.909 bits per heavy atom. The van der Waals surface area contributed by atoms with Gasteiger partial charge in [0.1, 0.15) is 0 Å². The molecule has 0 atom stereocenters. The third-order valence-electron chi connectivity index (χ3n) is 6.34. The maximum atomic E-state index is 12.5. The highest BCUT2D eigenvalue weighted by atomic mass is 35.5. The number of likely N-dealkylation sites (tertiary alicyclic amines) is 1. The van der Waals surface area contributed by atoms with Crippen LogP contribution in [0.5, 0.6) is 0 Å². The zero-order valence-electron chi connectivity index (χ0n) is 18.1. The second kappa shape index (κ2) is 15.3. The fourth-order valence-electron chi connectivity index (χ4n) is 4.36. The van der Waals surface area contributed by atoms with Crippen LogP contribution in [0.1, 0.15) is 78.2 Å². The summed E-state index contributed by atoms with van der Waals surface area (Å²) in [5.74, 6) is 0.401. The summed E-state index contributed by atoms with van der Waals surface area (Å²) < 4.78 is 0. The minimum atomic E-state index is -0.0838. The molecule has 3 N–H and O–H groups in total. The van der Waals surface area contributed by atoms with Crippen molar-refractivity contribution in [3.63, 3.8) is 0 Å². The van der Waals surface area contributed by atoms with Gasteiger partial charge in [0.2, 0.25) is 0 Å². The molecule has 0 aromatic heterocycles. The van der Waals surface area contributed by atoms with Crippen LogP contribution in [0.25, 0.3) is 0 Å². The fourth-order valence-corrected chi connectivity index (χ4v) is 4.84. The summed E-state index contributed by atoms with van der Waals surface area (Å²) in [6.45, 7) is 2.42. The van der Waals surface area contributed by atoms with Crippen molar-refractivity contribution < 1.29 is 9.59 Å². The second-order valence-corrected chi connectivity index (χ2v) is 9.56. The van der Waals surface area contributed by atoms with Gasteiger partial charge >= 0.3 is 12.1 Å². The quantitative estimate of drug-likeness (QED) is 0.425. The molecule has 2 aliphatic rings. The number of nitrogens with one attached hydrogen (secondary N) is 3. The van der Waals surface area contributed by atoms with E-state index in [0.29, 0.717) is 48.2 Å². The number of benzene rings is 1. The molecule has 1 saturated heterocycles. The van der Waals surface area contributed by atoms with Gasteiger partial charge in [-0.05, 0) is 49.3 Å². The number of urea groups is 2. The van der Waals surface area contributed by atoms with Gasteiger partial charge in [-0.15, -0.1) is 0 Å². The van der Waals surface area contributed by atoms with Crippen LogP contribution >= 0.6 is 23.2 Å². The summed E-state index contributed by atoms with van der Waals surface area (Å²) in [5, 5.41) is 10.3. The lowest BCUT2D eigenvalue weighted by atomic mass is 9.96. The molecular weight excluding hydrogens is 459 g/mol. The van der Waals surface area contributed by atoms with E-state index in [9.17, 15) is 9.59 Å². The van der Waals surface area contributed by atoms with Crippen molar-refractivity contribution >= 4 is 35.3 Å². The maximum Gasteiger partial charge on any atom is 0.317 e. The number of hydrogen-bond acceptors (Lipinski definition) is 2. The van der Waals surface area contributed by atoms with Crippen LogP contribution in [0.3, 0.4) is 0 Å². The third-order valence-corrected chi connectivity index (χ3v) is 6.93. The van der Waals surface area contributed by atoms with Crippen LogP contribution in [-0.2, 0) is 6.54 Å². The summed E-state index contributed by atoms with van der Waals surface area (Å²) in [6, 6.07) is 5.44. The van der Waals surface area contributed by atoms with E-state index in [4.69, 9.17) is 23.2 Å². The van der Waals surface area contributed by atoms with E-state index in [2.05, 4.69) is 16.0 Å². The first-order chi connectivity index (χ1) is 15.0. The SMILES string of the molecule is C.C.O=C(NCC1CCN(C(=O)NCc2ccc(Cl)cc2Cl)CC1)NC1CCCCCCC1. The van der Waals surface area contributed by atoms with Gasteiger partial charge in [0.15, 0.2) is 0 Å². The molecule has 1 aromatic rings. The van der Waals surface area contributed by atoms with Crippen LogP contribution in [0.2, 0.25) is 10.0 Å². The molecule has 0 bridgehead atoms. The average Bonchev–Trinajstić information content (AvgIpc) is 2.73. The molecule has 1 saturated carbocycles. The van der Waals surface area contributed by atoms with Crippen molar-refractivity contribution in [3.8, 4) is 0 Å². The number of carbonyl (C=O) groups excluding carboxylic acids is 2. The van der Waals surface area contributed by atoms with E-state index in [1.807, 2.05) is 11.0 Å². The molecule has 8 heteroatoms. The lowest BCUT2D eigenvalue weighted by molar-refractivity contribution is 0.168. The van der Waals surface area contributed by atoms with Gasteiger partial charge in [-0.1, -0.05) is 76.2 Å². The molecule has 1 aromatic carbocycles. The van der Waals surface area contributed by atoms with Gasteiger partial charge in [0, 0.05) is 42.3 Å². The van der Waals surface area contributed by atoms with E-state index < -0.39 is 0 Å². The van der Waals surface area contributed by atoms with Crippen LogP contribution < -0.4 is 16.0 Å². The molecule has 33 heavy (non-hydrogen) atoms. The van der Waals surface area contributed by atoms with Gasteiger partial charge in [0.25, 0.3) is 0 Å². The number of rotatable bonds is 5. The van der Waals surface area contributed by atoms with Crippen molar-refractivity contribution in [3.05, 3.63) is 33.8 Å². The number of amides is 4. The normalized spacial score (nSPS) is 17.6. The Morgan fingerprint density at radius 3 is 2.18 bits per heavy atom. The van der Waals surface area contributed by atoms with Crippen molar-refractivity contribution in [2.75, 3.05) is 19.6 Å². The molecule has 1 heterocycles. The first-order valence-electron chi connectivity index (χ1n) is 11.5. The Bertz CT molecular complexity index is 731. The number of carbonyl (C=O) groups is 2. The Hall–Kier alpha value is -1.66. The highest BCUT2D eigenvalue weighted by molar-refractivity contribution is 6.35. The number of halogens is 2.